The molecule has 1 aliphatic heterocycles. The summed E-state index contributed by atoms with van der Waals surface area (Å²) in [5, 5.41) is 4.72. The zero-order valence-corrected chi connectivity index (χ0v) is 17.4. The normalized spacial score (nSPS) is 14.6. The molecule has 4 rings (SSSR count). The van der Waals surface area contributed by atoms with E-state index in [0.29, 0.717) is 36.6 Å². The summed E-state index contributed by atoms with van der Waals surface area (Å²) in [6, 6.07) is 10.5. The number of amides is 2. The van der Waals surface area contributed by atoms with Gasteiger partial charge in [-0.1, -0.05) is 18.2 Å². The molecule has 0 aliphatic carbocycles. The lowest BCUT2D eigenvalue weighted by atomic mass is 9.97. The largest absolute Gasteiger partial charge is 0.459 e. The molecule has 1 N–H and O–H groups in total. The third-order valence-corrected chi connectivity index (χ3v) is 6.08. The lowest BCUT2D eigenvalue weighted by Gasteiger charge is -2.30. The number of nitrogens with zero attached hydrogens (tertiary/aromatic N) is 3. The van der Waals surface area contributed by atoms with Gasteiger partial charge in [-0.15, -0.1) is 11.3 Å². The number of hydrogen-bond donors (Lipinski definition) is 1. The smallest absolute Gasteiger partial charge is 0.321 e. The number of ether oxygens (including phenoxy) is 1. The molecule has 2 amide bonds. The molecule has 8 nitrogen and oxygen atoms in total. The highest BCUT2D eigenvalue weighted by Crippen LogP contribution is 2.20. The van der Waals surface area contributed by atoms with E-state index >= 15 is 0 Å². The first kappa shape index (κ1) is 20.1. The minimum absolute atomic E-state index is 0.0315. The van der Waals surface area contributed by atoms with Gasteiger partial charge in [-0.2, -0.15) is 0 Å². The fraction of sp³-hybridized carbons (Fsp3) is 0.333. The summed E-state index contributed by atoms with van der Waals surface area (Å²) < 4.78 is 6.94. The van der Waals surface area contributed by atoms with Gasteiger partial charge in [0.25, 0.3) is 5.56 Å². The molecule has 1 aliphatic rings. The number of thiazole rings is 1. The number of likely N-dealkylation sites (tertiary alicyclic amines) is 1. The van der Waals surface area contributed by atoms with Gasteiger partial charge in [-0.05, 0) is 31.9 Å². The van der Waals surface area contributed by atoms with Crippen molar-refractivity contribution in [3.8, 4) is 0 Å². The standard InChI is InChI=1S/C21H22N4O4S/c1-14-13-30-21-23-17(11-18(26)25(14)21)12-29-19(27)15-7-9-24(10-8-15)20(28)22-16-5-3-2-4-6-16/h2-6,11,13,15H,7-10,12H2,1H3,(H,22,28). The van der Waals surface area contributed by atoms with Gasteiger partial charge in [0.15, 0.2) is 4.96 Å². The number of carbonyl (C=O) groups excluding carboxylic acids is 2. The van der Waals surface area contributed by atoms with Gasteiger partial charge in [0, 0.05) is 35.9 Å². The molecular weight excluding hydrogens is 404 g/mol. The number of benzene rings is 1. The third kappa shape index (κ3) is 4.35. The van der Waals surface area contributed by atoms with Gasteiger partial charge in [0.2, 0.25) is 0 Å². The molecule has 1 fully saturated rings. The van der Waals surface area contributed by atoms with Gasteiger partial charge >= 0.3 is 12.0 Å². The molecule has 1 aromatic carbocycles. The van der Waals surface area contributed by atoms with Crippen LogP contribution in [-0.4, -0.2) is 39.4 Å². The van der Waals surface area contributed by atoms with Crippen molar-refractivity contribution in [1.29, 1.82) is 0 Å². The second-order valence-electron chi connectivity index (χ2n) is 7.25. The van der Waals surface area contributed by atoms with Crippen LogP contribution >= 0.6 is 11.3 Å². The molecule has 3 aromatic rings. The molecule has 0 radical (unpaired) electrons. The number of nitrogens with one attached hydrogen (secondary N) is 1. The van der Waals surface area contributed by atoms with Crippen molar-refractivity contribution in [1.82, 2.24) is 14.3 Å². The Morgan fingerprint density at radius 2 is 1.97 bits per heavy atom. The molecule has 1 saturated heterocycles. The van der Waals surface area contributed by atoms with Crippen molar-refractivity contribution < 1.29 is 14.3 Å². The molecule has 3 heterocycles. The summed E-state index contributed by atoms with van der Waals surface area (Å²) in [5.41, 5.74) is 1.84. The van der Waals surface area contributed by atoms with Crippen molar-refractivity contribution >= 4 is 34.0 Å². The lowest BCUT2D eigenvalue weighted by Crippen LogP contribution is -2.42. The number of fused-ring (bicyclic) bond motifs is 1. The number of piperidine rings is 1. The summed E-state index contributed by atoms with van der Waals surface area (Å²) in [7, 11) is 0. The number of carbonyl (C=O) groups is 2. The van der Waals surface area contributed by atoms with E-state index in [1.807, 2.05) is 42.6 Å². The van der Waals surface area contributed by atoms with Crippen LogP contribution in [0.1, 0.15) is 24.2 Å². The van der Waals surface area contributed by atoms with E-state index in [-0.39, 0.29) is 30.1 Å². The fourth-order valence-corrected chi connectivity index (χ4v) is 4.37. The van der Waals surface area contributed by atoms with Crippen LogP contribution in [0, 0.1) is 12.8 Å². The average Bonchev–Trinajstić information content (AvgIpc) is 3.14. The van der Waals surface area contributed by atoms with Crippen molar-refractivity contribution in [3.05, 3.63) is 63.5 Å². The van der Waals surface area contributed by atoms with Crippen LogP contribution < -0.4 is 10.9 Å². The minimum atomic E-state index is -0.317. The minimum Gasteiger partial charge on any atom is -0.459 e. The molecule has 0 bridgehead atoms. The van der Waals surface area contributed by atoms with E-state index in [1.54, 1.807) is 4.90 Å². The molecular formula is C21H22N4O4S. The Morgan fingerprint density at radius 3 is 2.70 bits per heavy atom. The molecule has 156 valence electrons. The van der Waals surface area contributed by atoms with Crippen molar-refractivity contribution in [2.45, 2.75) is 26.4 Å². The molecule has 2 aromatic heterocycles. The highest BCUT2D eigenvalue weighted by molar-refractivity contribution is 7.15. The predicted octanol–water partition coefficient (Wildman–Crippen LogP) is 3.05. The van der Waals surface area contributed by atoms with E-state index in [1.165, 1.54) is 21.8 Å². The van der Waals surface area contributed by atoms with E-state index in [0.717, 1.165) is 11.4 Å². The van der Waals surface area contributed by atoms with Gasteiger partial charge in [0.1, 0.15) is 6.61 Å². The zero-order valence-electron chi connectivity index (χ0n) is 16.5. The Morgan fingerprint density at radius 1 is 1.23 bits per heavy atom. The fourth-order valence-electron chi connectivity index (χ4n) is 3.48. The van der Waals surface area contributed by atoms with Crippen LogP contribution in [0.15, 0.2) is 46.6 Å². The van der Waals surface area contributed by atoms with E-state index in [2.05, 4.69) is 10.3 Å². The van der Waals surface area contributed by atoms with Gasteiger partial charge < -0.3 is 15.0 Å². The van der Waals surface area contributed by atoms with Crippen molar-refractivity contribution in [2.24, 2.45) is 5.92 Å². The molecule has 0 spiro atoms. The van der Waals surface area contributed by atoms with E-state index in [9.17, 15) is 14.4 Å². The molecule has 9 heteroatoms. The number of esters is 1. The average molecular weight is 426 g/mol. The number of hydrogen-bond acceptors (Lipinski definition) is 6. The van der Waals surface area contributed by atoms with Crippen LogP contribution in [0.25, 0.3) is 4.96 Å². The highest BCUT2D eigenvalue weighted by Gasteiger charge is 2.28. The lowest BCUT2D eigenvalue weighted by molar-refractivity contribution is -0.151. The van der Waals surface area contributed by atoms with Crippen LogP contribution in [0.5, 0.6) is 0 Å². The monoisotopic (exact) mass is 426 g/mol. The summed E-state index contributed by atoms with van der Waals surface area (Å²) in [6.07, 6.45) is 1.08. The summed E-state index contributed by atoms with van der Waals surface area (Å²) in [5.74, 6) is -0.581. The van der Waals surface area contributed by atoms with Crippen LogP contribution in [0.4, 0.5) is 10.5 Å². The summed E-state index contributed by atoms with van der Waals surface area (Å²) >= 11 is 1.38. The maximum absolute atomic E-state index is 12.4. The quantitative estimate of drug-likeness (QED) is 0.648. The highest BCUT2D eigenvalue weighted by atomic mass is 32.1. The summed E-state index contributed by atoms with van der Waals surface area (Å²) in [6.45, 7) is 2.78. The number of anilines is 1. The second-order valence-corrected chi connectivity index (χ2v) is 8.08. The first-order valence-electron chi connectivity index (χ1n) is 9.75. The SMILES string of the molecule is Cc1csc2nc(COC(=O)C3CCN(C(=O)Nc4ccccc4)CC3)cc(=O)n12. The summed E-state index contributed by atoms with van der Waals surface area (Å²) in [4.78, 5) is 43.7. The number of para-hydroxylation sites is 1. The van der Waals surface area contributed by atoms with Crippen LogP contribution in [0.2, 0.25) is 0 Å². The Kier molecular flexibility index (Phi) is 5.80. The van der Waals surface area contributed by atoms with Crippen LogP contribution in [-0.2, 0) is 16.1 Å². The molecule has 0 saturated carbocycles. The van der Waals surface area contributed by atoms with Gasteiger partial charge in [-0.25, -0.2) is 9.78 Å². The van der Waals surface area contributed by atoms with Gasteiger partial charge in [0.05, 0.1) is 11.6 Å². The Balaban J connectivity index is 1.28. The number of aryl methyl sites for hydroxylation is 1. The van der Waals surface area contributed by atoms with Crippen LogP contribution in [0.3, 0.4) is 0 Å². The predicted molar refractivity (Wildman–Crippen MR) is 114 cm³/mol. The topological polar surface area (TPSA) is 93.0 Å². The Labute approximate surface area is 177 Å². The second kappa shape index (κ2) is 8.66. The van der Waals surface area contributed by atoms with E-state index in [4.69, 9.17) is 4.74 Å². The first-order chi connectivity index (χ1) is 14.5. The number of aromatic nitrogens is 2. The maximum atomic E-state index is 12.4. The first-order valence-corrected chi connectivity index (χ1v) is 10.6. The molecule has 30 heavy (non-hydrogen) atoms. The number of urea groups is 1. The molecule has 0 atom stereocenters. The Bertz CT molecular complexity index is 1120. The molecule has 0 unspecified atom stereocenters. The third-order valence-electron chi connectivity index (χ3n) is 5.13. The zero-order chi connectivity index (χ0) is 21.1. The van der Waals surface area contributed by atoms with Gasteiger partial charge in [-0.3, -0.25) is 14.0 Å². The van der Waals surface area contributed by atoms with E-state index < -0.39 is 0 Å². The number of rotatable bonds is 4. The van der Waals surface area contributed by atoms with Crippen molar-refractivity contribution in [2.75, 3.05) is 18.4 Å². The van der Waals surface area contributed by atoms with Crippen molar-refractivity contribution in [3.63, 3.8) is 0 Å². The maximum Gasteiger partial charge on any atom is 0.321 e. The Hall–Kier alpha value is -3.20.